The zero-order valence-electron chi connectivity index (χ0n) is 18.3. The number of carbonyl (C=O) groups is 2. The van der Waals surface area contributed by atoms with E-state index in [0.29, 0.717) is 24.9 Å². The van der Waals surface area contributed by atoms with Crippen molar-refractivity contribution < 1.29 is 33.3 Å². The molecule has 0 aromatic heterocycles. The van der Waals surface area contributed by atoms with Crippen LogP contribution in [0.4, 0.5) is 4.79 Å². The molecule has 8 nitrogen and oxygen atoms in total. The summed E-state index contributed by atoms with van der Waals surface area (Å²) in [6.07, 6.45) is 7.14. The van der Waals surface area contributed by atoms with E-state index in [-0.39, 0.29) is 24.1 Å². The fourth-order valence-electron chi connectivity index (χ4n) is 6.42. The van der Waals surface area contributed by atoms with Gasteiger partial charge < -0.3 is 29.4 Å². The van der Waals surface area contributed by atoms with E-state index in [2.05, 4.69) is 6.92 Å². The third kappa shape index (κ3) is 3.94. The molecule has 1 amide bonds. The predicted octanol–water partition coefficient (Wildman–Crippen LogP) is 2.91. The molecule has 4 rings (SSSR count). The Hall–Kier alpha value is -1.38. The summed E-state index contributed by atoms with van der Waals surface area (Å²) in [5.74, 6) is 0.695. The fraction of sp³-hybridized carbons (Fsp3) is 0.909. The molecule has 0 bridgehead atoms. The third-order valence-corrected chi connectivity index (χ3v) is 7.85. The molecule has 1 spiro atoms. The Bertz CT molecular complexity index is 666. The van der Waals surface area contributed by atoms with E-state index in [0.717, 1.165) is 12.8 Å². The lowest BCUT2D eigenvalue weighted by Crippen LogP contribution is -2.55. The maximum absolute atomic E-state index is 11.4. The number of primary amides is 1. The summed E-state index contributed by atoms with van der Waals surface area (Å²) in [6.45, 7) is 3.81. The standard InChI is InChI=1S/C22H35NO7/c1-13(24)27-12-10-16-21(2,29-16)18-17(26-3)15(14-7-5-4-6-8-14)9-11-22(18)19(30-22)28-20(23)25/h14-19H,4-12H2,1-3H3,(H2,23,25). The van der Waals surface area contributed by atoms with Gasteiger partial charge in [-0.15, -0.1) is 0 Å². The van der Waals surface area contributed by atoms with Gasteiger partial charge in [0.25, 0.3) is 0 Å². The zero-order valence-corrected chi connectivity index (χ0v) is 18.3. The molecule has 2 heterocycles. The Kier molecular flexibility index (Phi) is 6.03. The normalized spacial score (nSPS) is 43.2. The van der Waals surface area contributed by atoms with Crippen LogP contribution in [0.5, 0.6) is 0 Å². The van der Waals surface area contributed by atoms with Crippen molar-refractivity contribution in [3.8, 4) is 0 Å². The molecular formula is C22H35NO7. The summed E-state index contributed by atoms with van der Waals surface area (Å²) in [6, 6.07) is 0. The van der Waals surface area contributed by atoms with E-state index in [9.17, 15) is 9.59 Å². The van der Waals surface area contributed by atoms with Crippen LogP contribution in [0.1, 0.15) is 65.2 Å². The van der Waals surface area contributed by atoms with Gasteiger partial charge in [-0.3, -0.25) is 4.79 Å². The van der Waals surface area contributed by atoms with Gasteiger partial charge >= 0.3 is 12.1 Å². The van der Waals surface area contributed by atoms with Crippen LogP contribution in [-0.4, -0.2) is 55.5 Å². The molecule has 0 aromatic rings. The molecule has 2 saturated heterocycles. The second-order valence-corrected chi connectivity index (χ2v) is 9.54. The van der Waals surface area contributed by atoms with Crippen LogP contribution in [0.2, 0.25) is 0 Å². The number of esters is 1. The van der Waals surface area contributed by atoms with Crippen LogP contribution >= 0.6 is 0 Å². The van der Waals surface area contributed by atoms with Crippen molar-refractivity contribution in [1.82, 2.24) is 0 Å². The number of hydrogen-bond acceptors (Lipinski definition) is 7. The largest absolute Gasteiger partial charge is 0.466 e. The predicted molar refractivity (Wildman–Crippen MR) is 106 cm³/mol. The van der Waals surface area contributed by atoms with Gasteiger partial charge in [0.2, 0.25) is 6.29 Å². The highest BCUT2D eigenvalue weighted by atomic mass is 16.8. The van der Waals surface area contributed by atoms with Crippen LogP contribution in [0, 0.1) is 17.8 Å². The first kappa shape index (κ1) is 21.8. The van der Waals surface area contributed by atoms with E-state index in [1.165, 1.54) is 39.0 Å². The average molecular weight is 426 g/mol. The minimum atomic E-state index is -0.827. The molecule has 170 valence electrons. The Labute approximate surface area is 178 Å². The van der Waals surface area contributed by atoms with E-state index in [1.54, 1.807) is 7.11 Å². The molecule has 7 atom stereocenters. The van der Waals surface area contributed by atoms with E-state index >= 15 is 0 Å². The topological polar surface area (TPSA) is 113 Å². The molecule has 4 aliphatic rings. The Balaban J connectivity index is 1.54. The third-order valence-electron chi connectivity index (χ3n) is 7.85. The van der Waals surface area contributed by atoms with Crippen molar-refractivity contribution in [2.75, 3.05) is 13.7 Å². The van der Waals surface area contributed by atoms with E-state index < -0.39 is 23.6 Å². The Morgan fingerprint density at radius 3 is 2.50 bits per heavy atom. The minimum absolute atomic E-state index is 0.0490. The maximum Gasteiger partial charge on any atom is 0.406 e. The molecule has 7 unspecified atom stereocenters. The van der Waals surface area contributed by atoms with E-state index in [4.69, 9.17) is 29.4 Å². The number of epoxide rings is 2. The molecule has 2 N–H and O–H groups in total. The van der Waals surface area contributed by atoms with Crippen molar-refractivity contribution in [3.05, 3.63) is 0 Å². The van der Waals surface area contributed by atoms with Crippen molar-refractivity contribution in [2.45, 2.75) is 94.9 Å². The highest BCUT2D eigenvalue weighted by molar-refractivity contribution is 5.66. The molecule has 0 aromatic carbocycles. The molecule has 30 heavy (non-hydrogen) atoms. The maximum atomic E-state index is 11.4. The molecule has 8 heteroatoms. The lowest BCUT2D eigenvalue weighted by Gasteiger charge is -2.46. The first-order valence-electron chi connectivity index (χ1n) is 11.3. The summed E-state index contributed by atoms with van der Waals surface area (Å²) < 4.78 is 28.7. The molecule has 2 aliphatic heterocycles. The number of amides is 1. The molecular weight excluding hydrogens is 390 g/mol. The van der Waals surface area contributed by atoms with Gasteiger partial charge in [0.05, 0.1) is 24.7 Å². The number of rotatable bonds is 7. The summed E-state index contributed by atoms with van der Waals surface area (Å²) in [5.41, 5.74) is 4.17. The van der Waals surface area contributed by atoms with Crippen molar-refractivity contribution in [3.63, 3.8) is 0 Å². The number of hydrogen-bond donors (Lipinski definition) is 1. The second-order valence-electron chi connectivity index (χ2n) is 9.54. The van der Waals surface area contributed by atoms with Crippen LogP contribution in [0.15, 0.2) is 0 Å². The number of ether oxygens (including phenoxy) is 5. The Morgan fingerprint density at radius 1 is 1.13 bits per heavy atom. The first-order chi connectivity index (χ1) is 14.3. The lowest BCUT2D eigenvalue weighted by atomic mass is 9.61. The molecule has 2 saturated carbocycles. The quantitative estimate of drug-likeness (QED) is 0.493. The van der Waals surface area contributed by atoms with Gasteiger partial charge in [0.15, 0.2) is 0 Å². The number of methoxy groups -OCH3 is 1. The monoisotopic (exact) mass is 425 g/mol. The summed E-state index contributed by atoms with van der Waals surface area (Å²) in [5, 5.41) is 0. The minimum Gasteiger partial charge on any atom is -0.466 e. The van der Waals surface area contributed by atoms with Gasteiger partial charge in [-0.25, -0.2) is 4.79 Å². The van der Waals surface area contributed by atoms with Crippen molar-refractivity contribution in [2.24, 2.45) is 23.5 Å². The Morgan fingerprint density at radius 2 is 1.87 bits per heavy atom. The summed E-state index contributed by atoms with van der Waals surface area (Å²) in [4.78, 5) is 22.5. The fourth-order valence-corrected chi connectivity index (χ4v) is 6.42. The van der Waals surface area contributed by atoms with Crippen LogP contribution in [0.3, 0.4) is 0 Å². The van der Waals surface area contributed by atoms with Crippen molar-refractivity contribution in [1.29, 1.82) is 0 Å². The van der Waals surface area contributed by atoms with Crippen LogP contribution < -0.4 is 5.73 Å². The average Bonchev–Trinajstić information content (AvgIpc) is 3.57. The summed E-state index contributed by atoms with van der Waals surface area (Å²) in [7, 11) is 1.76. The van der Waals surface area contributed by atoms with Crippen LogP contribution in [0.25, 0.3) is 0 Å². The zero-order chi connectivity index (χ0) is 21.5. The molecule has 2 aliphatic carbocycles. The second kappa shape index (κ2) is 8.28. The number of nitrogens with two attached hydrogens (primary N) is 1. The highest BCUT2D eigenvalue weighted by Gasteiger charge is 2.77. The van der Waals surface area contributed by atoms with Gasteiger partial charge in [0.1, 0.15) is 11.2 Å². The summed E-state index contributed by atoms with van der Waals surface area (Å²) >= 11 is 0. The first-order valence-corrected chi connectivity index (χ1v) is 11.3. The molecule has 4 fully saturated rings. The van der Waals surface area contributed by atoms with Gasteiger partial charge in [-0.1, -0.05) is 32.1 Å². The molecule has 0 radical (unpaired) electrons. The number of carbonyl (C=O) groups excluding carboxylic acids is 2. The van der Waals surface area contributed by atoms with Gasteiger partial charge in [-0.2, -0.15) is 0 Å². The lowest BCUT2D eigenvalue weighted by molar-refractivity contribution is -0.141. The van der Waals surface area contributed by atoms with Gasteiger partial charge in [0, 0.05) is 20.5 Å². The SMILES string of the molecule is COC1C(C2CCCCC2)CCC2(OC2OC(N)=O)C1C1(C)OC1CCOC(C)=O. The van der Waals surface area contributed by atoms with E-state index in [1.807, 2.05) is 0 Å². The smallest absolute Gasteiger partial charge is 0.406 e. The van der Waals surface area contributed by atoms with Gasteiger partial charge in [-0.05, 0) is 31.6 Å². The van der Waals surface area contributed by atoms with Crippen molar-refractivity contribution >= 4 is 12.1 Å². The highest BCUT2D eigenvalue weighted by Crippen LogP contribution is 2.64. The van der Waals surface area contributed by atoms with Crippen LogP contribution in [-0.2, 0) is 28.5 Å².